The van der Waals surface area contributed by atoms with Crippen LogP contribution in [0.3, 0.4) is 0 Å². The van der Waals surface area contributed by atoms with Crippen LogP contribution in [-0.4, -0.2) is 70.9 Å². The van der Waals surface area contributed by atoms with Crippen molar-refractivity contribution in [3.63, 3.8) is 0 Å². The average Bonchev–Trinajstić information content (AvgIpc) is 3.67. The summed E-state index contributed by atoms with van der Waals surface area (Å²) in [6.45, 7) is 10.3. The lowest BCUT2D eigenvalue weighted by Gasteiger charge is -2.33. The van der Waals surface area contributed by atoms with Gasteiger partial charge >= 0.3 is 0 Å². The molecule has 0 unspecified atom stereocenters. The first-order valence-corrected chi connectivity index (χ1v) is 23.5. The number of fused-ring (bicyclic) bond motifs is 2. The summed E-state index contributed by atoms with van der Waals surface area (Å²) in [6.07, 6.45) is 24.8. The third-order valence-electron chi connectivity index (χ3n) is 13.2. The Labute approximate surface area is 363 Å². The Hall–Kier alpha value is -4.66. The molecule has 2 saturated carbocycles. The van der Waals surface area contributed by atoms with E-state index < -0.39 is 0 Å². The molecule has 8 heteroatoms. The summed E-state index contributed by atoms with van der Waals surface area (Å²) in [4.78, 5) is 57.5. The van der Waals surface area contributed by atoms with Gasteiger partial charge in [0.05, 0.1) is 34.5 Å². The molecule has 0 bridgehead atoms. The predicted molar refractivity (Wildman–Crippen MR) is 245 cm³/mol. The number of hydrogen-bond donors (Lipinski definition) is 0. The Bertz CT molecular complexity index is 2120. The van der Waals surface area contributed by atoms with Gasteiger partial charge in [0.2, 0.25) is 0 Å². The van der Waals surface area contributed by atoms with Crippen LogP contribution in [0.25, 0.3) is 24.3 Å². The Morgan fingerprint density at radius 2 is 0.885 bits per heavy atom. The zero-order valence-electron chi connectivity index (χ0n) is 37.0. The average molecular weight is 827 g/mol. The van der Waals surface area contributed by atoms with Crippen LogP contribution in [-0.2, 0) is 22.3 Å². The van der Waals surface area contributed by atoms with Gasteiger partial charge in [0.1, 0.15) is 0 Å². The first-order chi connectivity index (χ1) is 29.7. The molecular weight excluding hydrogens is 761 g/mol. The van der Waals surface area contributed by atoms with Crippen molar-refractivity contribution in [2.45, 2.75) is 161 Å². The van der Waals surface area contributed by atoms with Crippen molar-refractivity contribution in [2.75, 3.05) is 13.2 Å². The van der Waals surface area contributed by atoms with Gasteiger partial charge in [-0.25, -0.2) is 0 Å². The van der Waals surface area contributed by atoms with Gasteiger partial charge in [0.25, 0.3) is 23.6 Å². The maximum atomic E-state index is 13.7. The number of hydrogen-bond acceptors (Lipinski definition) is 6. The van der Waals surface area contributed by atoms with Crippen molar-refractivity contribution in [1.82, 2.24) is 9.80 Å². The van der Waals surface area contributed by atoms with Crippen molar-refractivity contribution >= 4 is 47.9 Å². The lowest BCUT2D eigenvalue weighted by molar-refractivity contribution is 0.00794. The second-order valence-electron chi connectivity index (χ2n) is 17.7. The molecule has 4 aliphatic rings. The first-order valence-electron chi connectivity index (χ1n) is 23.5. The van der Waals surface area contributed by atoms with Gasteiger partial charge in [0.15, 0.2) is 0 Å². The second kappa shape index (κ2) is 20.9. The van der Waals surface area contributed by atoms with E-state index in [1.807, 2.05) is 36.4 Å². The Kier molecular flexibility index (Phi) is 15.2. The maximum Gasteiger partial charge on any atom is 0.261 e. The fourth-order valence-electron chi connectivity index (χ4n) is 9.74. The summed E-state index contributed by atoms with van der Waals surface area (Å²) < 4.78 is 12.1. The molecule has 3 aromatic carbocycles. The lowest BCUT2D eigenvalue weighted by Crippen LogP contribution is -2.43. The lowest BCUT2D eigenvalue weighted by atomic mass is 9.92. The molecular formula is C53H66N2O6. The molecule has 2 aliphatic heterocycles. The van der Waals surface area contributed by atoms with Gasteiger partial charge in [-0.05, 0) is 135 Å². The van der Waals surface area contributed by atoms with Crippen molar-refractivity contribution in [1.29, 1.82) is 0 Å². The summed E-state index contributed by atoms with van der Waals surface area (Å²) in [5.74, 6) is -0.721. The molecule has 0 N–H and O–H groups in total. The highest BCUT2D eigenvalue weighted by Crippen LogP contribution is 2.35. The van der Waals surface area contributed by atoms with E-state index in [2.05, 4.69) is 64.1 Å². The molecule has 7 rings (SSSR count). The molecule has 61 heavy (non-hydrogen) atoms. The SMILES string of the molecule is CCCCCOC1CCC(N2C(=O)c3ccc(C=Cc4cc(CCC)c(C=Cc5ccc6c(c5)C(=O)N(C5CCC(OCCCC)CC5)C6=O)cc4CCC)cc3C2=O)CC1. The van der Waals surface area contributed by atoms with Crippen LogP contribution in [0.5, 0.6) is 0 Å². The Balaban J connectivity index is 1.03. The van der Waals surface area contributed by atoms with Gasteiger partial charge in [0, 0.05) is 25.3 Å². The van der Waals surface area contributed by atoms with Crippen LogP contribution < -0.4 is 0 Å². The highest BCUT2D eigenvalue weighted by atomic mass is 16.5. The zero-order chi connectivity index (χ0) is 42.9. The smallest absolute Gasteiger partial charge is 0.261 e. The van der Waals surface area contributed by atoms with Gasteiger partial charge in [-0.3, -0.25) is 29.0 Å². The number of carbonyl (C=O) groups excluding carboxylic acids is 4. The Morgan fingerprint density at radius 3 is 1.30 bits per heavy atom. The van der Waals surface area contributed by atoms with Gasteiger partial charge in [-0.15, -0.1) is 0 Å². The molecule has 0 spiro atoms. The summed E-state index contributed by atoms with van der Waals surface area (Å²) in [5.41, 5.74) is 8.51. The van der Waals surface area contributed by atoms with E-state index in [0.29, 0.717) is 22.3 Å². The highest BCUT2D eigenvalue weighted by Gasteiger charge is 2.42. The van der Waals surface area contributed by atoms with E-state index in [4.69, 9.17) is 9.47 Å². The second-order valence-corrected chi connectivity index (χ2v) is 17.7. The summed E-state index contributed by atoms with van der Waals surface area (Å²) in [7, 11) is 0. The third kappa shape index (κ3) is 10.2. The van der Waals surface area contributed by atoms with Crippen molar-refractivity contribution in [2.24, 2.45) is 0 Å². The van der Waals surface area contributed by atoms with Gasteiger partial charge < -0.3 is 9.47 Å². The molecule has 0 radical (unpaired) electrons. The van der Waals surface area contributed by atoms with Crippen LogP contribution in [0.1, 0.15) is 199 Å². The number of amides is 4. The van der Waals surface area contributed by atoms with Crippen LogP contribution in [0, 0.1) is 0 Å². The fraction of sp³-hybridized carbons (Fsp3) is 0.509. The topological polar surface area (TPSA) is 93.2 Å². The first kappa shape index (κ1) is 44.4. The van der Waals surface area contributed by atoms with E-state index in [1.54, 1.807) is 0 Å². The van der Waals surface area contributed by atoms with Crippen LogP contribution in [0.15, 0.2) is 48.5 Å². The zero-order valence-corrected chi connectivity index (χ0v) is 37.0. The minimum absolute atomic E-state index is 0.0843. The van der Waals surface area contributed by atoms with E-state index >= 15 is 0 Å². The molecule has 324 valence electrons. The van der Waals surface area contributed by atoms with Crippen molar-refractivity contribution in [3.05, 3.63) is 104 Å². The van der Waals surface area contributed by atoms with Crippen molar-refractivity contribution in [3.8, 4) is 0 Å². The van der Waals surface area contributed by atoms with E-state index in [1.165, 1.54) is 33.8 Å². The van der Waals surface area contributed by atoms with Gasteiger partial charge in [-0.1, -0.05) is 108 Å². The highest BCUT2D eigenvalue weighted by molar-refractivity contribution is 6.22. The number of aryl methyl sites for hydroxylation is 2. The third-order valence-corrected chi connectivity index (χ3v) is 13.2. The molecule has 2 heterocycles. The van der Waals surface area contributed by atoms with E-state index in [0.717, 1.165) is 132 Å². The molecule has 2 aliphatic carbocycles. The van der Waals surface area contributed by atoms with Crippen molar-refractivity contribution < 1.29 is 28.7 Å². The van der Waals surface area contributed by atoms with Crippen LogP contribution in [0.2, 0.25) is 0 Å². The largest absolute Gasteiger partial charge is 0.378 e. The normalized spacial score (nSPS) is 21.7. The molecule has 0 aromatic heterocycles. The summed E-state index contributed by atoms with van der Waals surface area (Å²) in [6, 6.07) is 15.7. The van der Waals surface area contributed by atoms with E-state index in [9.17, 15) is 19.2 Å². The molecule has 2 fully saturated rings. The van der Waals surface area contributed by atoms with Crippen LogP contribution >= 0.6 is 0 Å². The minimum Gasteiger partial charge on any atom is -0.378 e. The Morgan fingerprint density at radius 1 is 0.475 bits per heavy atom. The maximum absolute atomic E-state index is 13.7. The van der Waals surface area contributed by atoms with Crippen LogP contribution in [0.4, 0.5) is 0 Å². The number of carbonyl (C=O) groups is 4. The molecule has 8 nitrogen and oxygen atoms in total. The number of benzene rings is 3. The fourth-order valence-corrected chi connectivity index (χ4v) is 9.74. The number of nitrogens with zero attached hydrogens (tertiary/aromatic N) is 2. The number of unbranched alkanes of at least 4 members (excludes halogenated alkanes) is 3. The number of ether oxygens (including phenoxy) is 2. The monoisotopic (exact) mass is 826 g/mol. The quantitative estimate of drug-likeness (QED) is 0.0679. The molecule has 4 amide bonds. The molecule has 0 saturated heterocycles. The van der Waals surface area contributed by atoms with E-state index in [-0.39, 0.29) is 47.9 Å². The standard InChI is InChI=1S/C53H66N2O6/c1-5-9-11-31-61-45-26-22-43(23-27-45)55-51(57)47-29-17-37(33-49(47)53(55)59)15-19-41-35-38(12-7-3)40(34-39(41)13-8-4)18-14-36-16-28-46-48(32-36)52(58)54(50(46)56)42-20-24-44(25-21-42)60-30-10-6-2/h14-19,28-29,32-35,42-45H,5-13,20-27,30-31H2,1-4H3. The molecule has 0 atom stereocenters. The molecule has 3 aromatic rings. The minimum atomic E-state index is -0.184. The van der Waals surface area contributed by atoms with Gasteiger partial charge in [-0.2, -0.15) is 0 Å². The summed E-state index contributed by atoms with van der Waals surface area (Å²) >= 11 is 0. The number of rotatable bonds is 19. The number of imide groups is 2. The predicted octanol–water partition coefficient (Wildman–Crippen LogP) is 11.8. The summed E-state index contributed by atoms with van der Waals surface area (Å²) in [5, 5.41) is 0.